The highest BCUT2D eigenvalue weighted by Gasteiger charge is 2.40. The lowest BCUT2D eigenvalue weighted by atomic mass is 10.0. The Balaban J connectivity index is 0.761. The molecule has 4 aromatic carbocycles. The largest absolute Gasteiger partial charge is 0.381 e. The van der Waals surface area contributed by atoms with Crippen molar-refractivity contribution in [3.63, 3.8) is 0 Å². The number of benzene rings is 4. The van der Waals surface area contributed by atoms with Gasteiger partial charge in [0.25, 0.3) is 11.8 Å². The monoisotopic (exact) mass is 857 g/mol. The van der Waals surface area contributed by atoms with Crippen molar-refractivity contribution in [2.75, 3.05) is 68.0 Å². The summed E-state index contributed by atoms with van der Waals surface area (Å²) in [7, 11) is 0. The Morgan fingerprint density at radius 3 is 2.40 bits per heavy atom. The number of aromatic amines is 1. The van der Waals surface area contributed by atoms with Crippen molar-refractivity contribution in [1.29, 1.82) is 0 Å². The molecule has 6 heterocycles. The Labute approximate surface area is 362 Å². The third-order valence-electron chi connectivity index (χ3n) is 13.1. The first-order chi connectivity index (χ1) is 30.6. The lowest BCUT2D eigenvalue weighted by Gasteiger charge is -2.48. The minimum atomic E-state index is -0.628. The number of hydrogen-bond donors (Lipinski definition) is 4. The molecule has 5 aromatic rings. The van der Waals surface area contributed by atoms with Crippen molar-refractivity contribution < 1.29 is 32.7 Å². The van der Waals surface area contributed by atoms with E-state index in [0.717, 1.165) is 98.3 Å². The van der Waals surface area contributed by atoms with Gasteiger partial charge in [-0.25, -0.2) is 8.78 Å². The van der Waals surface area contributed by atoms with E-state index in [2.05, 4.69) is 53.0 Å². The van der Waals surface area contributed by atoms with E-state index in [1.165, 1.54) is 12.1 Å². The predicted octanol–water partition coefficient (Wildman–Crippen LogP) is 5.04. The molecule has 5 aliphatic heterocycles. The normalized spacial score (nSPS) is 20.2. The number of H-pyrrole nitrogens is 1. The Hall–Kier alpha value is -6.23. The molecule has 14 nitrogen and oxygen atoms in total. The Kier molecular flexibility index (Phi) is 11.1. The van der Waals surface area contributed by atoms with Crippen LogP contribution in [0.3, 0.4) is 0 Å². The van der Waals surface area contributed by atoms with Gasteiger partial charge in [-0.2, -0.15) is 5.10 Å². The number of carbonyl (C=O) groups is 4. The molecule has 0 spiro atoms. The van der Waals surface area contributed by atoms with Crippen LogP contribution in [0.15, 0.2) is 72.8 Å². The van der Waals surface area contributed by atoms with Gasteiger partial charge in [0, 0.05) is 112 Å². The number of carbonyl (C=O) groups excluding carboxylic acids is 4. The molecule has 4 N–H and O–H groups in total. The van der Waals surface area contributed by atoms with Gasteiger partial charge in [-0.1, -0.05) is 18.2 Å². The zero-order valence-corrected chi connectivity index (χ0v) is 34.8. The second-order valence-corrected chi connectivity index (χ2v) is 17.4. The van der Waals surface area contributed by atoms with E-state index in [9.17, 15) is 28.0 Å². The van der Waals surface area contributed by atoms with E-state index < -0.39 is 23.6 Å². The van der Waals surface area contributed by atoms with Crippen molar-refractivity contribution in [3.05, 3.63) is 118 Å². The second-order valence-electron chi connectivity index (χ2n) is 17.4. The van der Waals surface area contributed by atoms with Gasteiger partial charge >= 0.3 is 0 Å². The SMILES string of the molecule is O=C1CCC(N2Cc3cc(CN4CC(N5CCN(c6ccc(C(=O)Nc7n[nH]c8ccc(Cc9cc(F)cc(F)c9)cc78)c(NC7CCOCC7)c6)CC5)C4)ccc3C2=O)C(=O)N1. The van der Waals surface area contributed by atoms with Crippen LogP contribution in [0.25, 0.3) is 10.9 Å². The third-order valence-corrected chi connectivity index (χ3v) is 13.1. The van der Waals surface area contributed by atoms with Crippen molar-refractivity contribution in [1.82, 2.24) is 30.2 Å². The van der Waals surface area contributed by atoms with Crippen LogP contribution in [0.1, 0.15) is 68.7 Å². The quantitative estimate of drug-likeness (QED) is 0.133. The van der Waals surface area contributed by atoms with E-state index in [1.807, 2.05) is 42.5 Å². The Bertz CT molecular complexity index is 2580. The van der Waals surface area contributed by atoms with Crippen LogP contribution in [0.5, 0.6) is 0 Å². The average molecular weight is 858 g/mol. The fraction of sp³-hybridized carbons (Fsp3) is 0.383. The van der Waals surface area contributed by atoms with Gasteiger partial charge in [0.1, 0.15) is 17.7 Å². The number of likely N-dealkylation sites (tertiary alicyclic amines) is 1. The van der Waals surface area contributed by atoms with Gasteiger partial charge in [0.15, 0.2) is 5.82 Å². The number of halogens is 2. The van der Waals surface area contributed by atoms with E-state index in [0.29, 0.717) is 66.5 Å². The molecule has 5 aliphatic rings. The molecule has 16 heteroatoms. The number of aromatic nitrogens is 2. The topological polar surface area (TPSA) is 155 Å². The summed E-state index contributed by atoms with van der Waals surface area (Å²) < 4.78 is 33.4. The van der Waals surface area contributed by atoms with Gasteiger partial charge in [-0.15, -0.1) is 0 Å². The summed E-state index contributed by atoms with van der Waals surface area (Å²) in [5.41, 5.74) is 7.05. The molecule has 0 radical (unpaired) electrons. The lowest BCUT2D eigenvalue weighted by molar-refractivity contribution is -0.136. The summed E-state index contributed by atoms with van der Waals surface area (Å²) >= 11 is 0. The Morgan fingerprint density at radius 1 is 0.841 bits per heavy atom. The number of amides is 4. The first-order valence-corrected chi connectivity index (χ1v) is 21.8. The molecule has 63 heavy (non-hydrogen) atoms. The van der Waals surface area contributed by atoms with Crippen LogP contribution in [-0.4, -0.2) is 119 Å². The minimum Gasteiger partial charge on any atom is -0.381 e. The summed E-state index contributed by atoms with van der Waals surface area (Å²) in [6, 6.07) is 21.0. The van der Waals surface area contributed by atoms with Crippen molar-refractivity contribution in [2.24, 2.45) is 0 Å². The molecule has 1 aromatic heterocycles. The number of piperidine rings is 1. The fourth-order valence-corrected chi connectivity index (χ4v) is 9.73. The number of fused-ring (bicyclic) bond motifs is 2. The number of rotatable bonds is 11. The van der Waals surface area contributed by atoms with E-state index in [4.69, 9.17) is 4.74 Å². The number of anilines is 3. The summed E-state index contributed by atoms with van der Waals surface area (Å²) in [5, 5.41) is 17.1. The van der Waals surface area contributed by atoms with Gasteiger partial charge in [-0.05, 0) is 96.5 Å². The molecule has 4 saturated heterocycles. The molecule has 1 atom stereocenters. The van der Waals surface area contributed by atoms with Crippen LogP contribution in [0, 0.1) is 11.6 Å². The van der Waals surface area contributed by atoms with E-state index >= 15 is 0 Å². The van der Waals surface area contributed by atoms with Crippen LogP contribution >= 0.6 is 0 Å². The van der Waals surface area contributed by atoms with Gasteiger partial charge < -0.3 is 25.2 Å². The van der Waals surface area contributed by atoms with Gasteiger partial charge in [0.05, 0.1) is 11.1 Å². The molecular formula is C47H49F2N9O5. The molecule has 0 saturated carbocycles. The van der Waals surface area contributed by atoms with Crippen LogP contribution in [0.2, 0.25) is 0 Å². The zero-order chi connectivity index (χ0) is 43.2. The molecule has 4 fully saturated rings. The maximum atomic E-state index is 14.0. The van der Waals surface area contributed by atoms with Crippen LogP contribution < -0.4 is 20.9 Å². The highest BCUT2D eigenvalue weighted by atomic mass is 19.1. The summed E-state index contributed by atoms with van der Waals surface area (Å²) in [5.74, 6) is -2.03. The van der Waals surface area contributed by atoms with Crippen molar-refractivity contribution in [2.45, 2.75) is 63.3 Å². The van der Waals surface area contributed by atoms with Crippen molar-refractivity contribution >= 4 is 51.7 Å². The van der Waals surface area contributed by atoms with Gasteiger partial charge in [-0.3, -0.25) is 39.4 Å². The first-order valence-electron chi connectivity index (χ1n) is 21.8. The number of nitrogens with zero attached hydrogens (tertiary/aromatic N) is 5. The standard InChI is InChI=1S/C47H49F2N9O5/c48-32-19-30(20-33(49)22-32)17-28-2-6-40-39(21-28)44(54-53-40)52-45(60)38-5-3-35(23-41(38)50-34-9-15-63-16-10-34)56-11-13-57(14-12-56)36-26-55(27-36)24-29-1-4-37-31(18-29)25-58(47(37)62)42-7-8-43(59)51-46(42)61/h1-6,18-23,34,36,42,50H,7-17,24-27H2,(H,51,59,61)(H2,52,53,54,60). The predicted molar refractivity (Wildman–Crippen MR) is 232 cm³/mol. The zero-order valence-electron chi connectivity index (χ0n) is 34.8. The number of nitrogens with one attached hydrogen (secondary N) is 4. The fourth-order valence-electron chi connectivity index (χ4n) is 9.73. The molecule has 4 amide bonds. The summed E-state index contributed by atoms with van der Waals surface area (Å²) in [6.07, 6.45) is 2.57. The Morgan fingerprint density at radius 2 is 1.62 bits per heavy atom. The van der Waals surface area contributed by atoms with E-state index in [1.54, 1.807) is 4.90 Å². The number of hydrogen-bond acceptors (Lipinski definition) is 10. The maximum Gasteiger partial charge on any atom is 0.258 e. The summed E-state index contributed by atoms with van der Waals surface area (Å²) in [4.78, 5) is 60.3. The first kappa shape index (κ1) is 40.8. The molecule has 0 bridgehead atoms. The number of piperazine rings is 1. The average Bonchev–Trinajstić information content (AvgIpc) is 3.80. The van der Waals surface area contributed by atoms with Gasteiger partial charge in [0.2, 0.25) is 11.8 Å². The molecule has 326 valence electrons. The van der Waals surface area contributed by atoms with Crippen LogP contribution in [-0.2, 0) is 33.8 Å². The summed E-state index contributed by atoms with van der Waals surface area (Å²) in [6.45, 7) is 7.94. The maximum absolute atomic E-state index is 14.0. The highest BCUT2D eigenvalue weighted by molar-refractivity contribution is 6.11. The van der Waals surface area contributed by atoms with E-state index in [-0.39, 0.29) is 30.2 Å². The van der Waals surface area contributed by atoms with Crippen LogP contribution in [0.4, 0.5) is 26.0 Å². The third kappa shape index (κ3) is 8.62. The molecule has 1 unspecified atom stereocenters. The lowest BCUT2D eigenvalue weighted by Crippen LogP contribution is -2.62. The highest BCUT2D eigenvalue weighted by Crippen LogP contribution is 2.32. The molecular weight excluding hydrogens is 809 g/mol. The van der Waals surface area contributed by atoms with Crippen molar-refractivity contribution in [3.8, 4) is 0 Å². The number of ether oxygens (including phenoxy) is 1. The molecule has 0 aliphatic carbocycles. The smallest absolute Gasteiger partial charge is 0.258 e. The number of imide groups is 1. The second kappa shape index (κ2) is 17.1. The minimum absolute atomic E-state index is 0.154. The molecule has 10 rings (SSSR count).